The average molecular weight is 274 g/mol. The minimum absolute atomic E-state index is 0.0649. The van der Waals surface area contributed by atoms with Crippen LogP contribution in [0.15, 0.2) is 18.7 Å². The molecule has 5 heteroatoms. The molecule has 0 aromatic carbocycles. The minimum atomic E-state index is -0.0649. The Hall–Kier alpha value is -1.49. The summed E-state index contributed by atoms with van der Waals surface area (Å²) in [6, 6.07) is 0.804. The summed E-state index contributed by atoms with van der Waals surface area (Å²) in [6.45, 7) is 3.09. The van der Waals surface area contributed by atoms with Crippen LogP contribution >= 0.6 is 0 Å². The van der Waals surface area contributed by atoms with E-state index in [-0.39, 0.29) is 5.91 Å². The number of likely N-dealkylation sites (tertiary alicyclic amines) is 1. The number of aromatic nitrogens is 2. The van der Waals surface area contributed by atoms with Gasteiger partial charge in [-0.25, -0.2) is 9.97 Å². The van der Waals surface area contributed by atoms with Crippen molar-refractivity contribution < 1.29 is 4.79 Å². The van der Waals surface area contributed by atoms with E-state index in [9.17, 15) is 4.79 Å². The molecule has 1 N–H and O–H groups in total. The first-order valence-electron chi connectivity index (χ1n) is 7.60. The lowest BCUT2D eigenvalue weighted by Gasteiger charge is -2.23. The Morgan fingerprint density at radius 2 is 2.00 bits per heavy atom. The Balaban J connectivity index is 1.44. The van der Waals surface area contributed by atoms with Crippen LogP contribution in [0.3, 0.4) is 0 Å². The van der Waals surface area contributed by atoms with E-state index in [1.165, 1.54) is 45.0 Å². The van der Waals surface area contributed by atoms with E-state index < -0.39 is 0 Å². The number of hydrogen-bond acceptors (Lipinski definition) is 4. The summed E-state index contributed by atoms with van der Waals surface area (Å²) in [5, 5.41) is 3.01. The first kappa shape index (κ1) is 13.5. The topological polar surface area (TPSA) is 58.1 Å². The largest absolute Gasteiger partial charge is 0.352 e. The highest BCUT2D eigenvalue weighted by Crippen LogP contribution is 2.28. The Morgan fingerprint density at radius 3 is 2.75 bits per heavy atom. The van der Waals surface area contributed by atoms with Crippen molar-refractivity contribution in [2.24, 2.45) is 5.92 Å². The molecule has 2 fully saturated rings. The van der Waals surface area contributed by atoms with Crippen LogP contribution in [0.2, 0.25) is 0 Å². The van der Waals surface area contributed by atoms with Crippen molar-refractivity contribution in [3.05, 3.63) is 24.3 Å². The number of amides is 1. The summed E-state index contributed by atoms with van der Waals surface area (Å²) in [5.41, 5.74) is 0.540. The SMILES string of the molecule is O=C(NCC1CCN(C2CCCC2)C1)c1cncnc1. The molecule has 0 radical (unpaired) electrons. The summed E-state index contributed by atoms with van der Waals surface area (Å²) in [5.74, 6) is 0.522. The summed E-state index contributed by atoms with van der Waals surface area (Å²) in [4.78, 5) is 22.3. The molecule has 1 aromatic heterocycles. The molecule has 108 valence electrons. The number of nitrogens with zero attached hydrogens (tertiary/aromatic N) is 3. The summed E-state index contributed by atoms with van der Waals surface area (Å²) in [7, 11) is 0. The second kappa shape index (κ2) is 6.31. The second-order valence-corrected chi connectivity index (χ2v) is 5.93. The summed E-state index contributed by atoms with van der Waals surface area (Å²) in [6.07, 6.45) is 11.2. The molecule has 2 aliphatic rings. The lowest BCUT2D eigenvalue weighted by atomic mass is 10.1. The van der Waals surface area contributed by atoms with Gasteiger partial charge in [0, 0.05) is 31.5 Å². The van der Waals surface area contributed by atoms with Gasteiger partial charge in [-0.15, -0.1) is 0 Å². The lowest BCUT2D eigenvalue weighted by Crippen LogP contribution is -2.34. The lowest BCUT2D eigenvalue weighted by molar-refractivity contribution is 0.0946. The molecule has 1 saturated heterocycles. The van der Waals surface area contributed by atoms with Gasteiger partial charge < -0.3 is 10.2 Å². The number of nitrogens with one attached hydrogen (secondary N) is 1. The van der Waals surface area contributed by atoms with Crippen molar-refractivity contribution in [1.82, 2.24) is 20.2 Å². The predicted molar refractivity (Wildman–Crippen MR) is 76.3 cm³/mol. The molecule has 1 saturated carbocycles. The highest BCUT2D eigenvalue weighted by atomic mass is 16.1. The molecule has 1 aliphatic heterocycles. The Bertz CT molecular complexity index is 444. The maximum atomic E-state index is 11.9. The highest BCUT2D eigenvalue weighted by molar-refractivity contribution is 5.93. The van der Waals surface area contributed by atoms with Crippen LogP contribution in [0.5, 0.6) is 0 Å². The van der Waals surface area contributed by atoms with Crippen molar-refractivity contribution in [1.29, 1.82) is 0 Å². The maximum Gasteiger partial charge on any atom is 0.254 e. The smallest absolute Gasteiger partial charge is 0.254 e. The molecule has 1 atom stereocenters. The van der Waals surface area contributed by atoms with Crippen LogP contribution in [0.1, 0.15) is 42.5 Å². The van der Waals surface area contributed by atoms with Crippen molar-refractivity contribution in [2.45, 2.75) is 38.1 Å². The molecule has 1 aromatic rings. The first-order chi connectivity index (χ1) is 9.83. The van der Waals surface area contributed by atoms with E-state index in [1.54, 1.807) is 12.4 Å². The van der Waals surface area contributed by atoms with Gasteiger partial charge in [0.25, 0.3) is 5.91 Å². The number of carbonyl (C=O) groups excluding carboxylic acids is 1. The van der Waals surface area contributed by atoms with Crippen molar-refractivity contribution in [2.75, 3.05) is 19.6 Å². The van der Waals surface area contributed by atoms with Crippen LogP contribution in [-0.2, 0) is 0 Å². The molecule has 1 amide bonds. The van der Waals surface area contributed by atoms with Crippen molar-refractivity contribution >= 4 is 5.91 Å². The average Bonchev–Trinajstić information content (AvgIpc) is 3.16. The zero-order valence-electron chi connectivity index (χ0n) is 11.8. The molecule has 0 spiro atoms. The number of hydrogen-bond donors (Lipinski definition) is 1. The Labute approximate surface area is 119 Å². The standard InChI is InChI=1S/C15H22N4O/c20-15(13-8-16-11-17-9-13)18-7-12-5-6-19(10-12)14-3-1-2-4-14/h8-9,11-12,14H,1-7,10H2,(H,18,20). The van der Waals surface area contributed by atoms with Gasteiger partial charge in [-0.1, -0.05) is 12.8 Å². The predicted octanol–water partition coefficient (Wildman–Crippen LogP) is 1.47. The molecular weight excluding hydrogens is 252 g/mol. The third-order valence-electron chi connectivity index (χ3n) is 4.53. The van der Waals surface area contributed by atoms with Crippen molar-refractivity contribution in [3.8, 4) is 0 Å². The van der Waals surface area contributed by atoms with Crippen LogP contribution in [0.4, 0.5) is 0 Å². The highest BCUT2D eigenvalue weighted by Gasteiger charge is 2.29. The van der Waals surface area contributed by atoms with E-state index >= 15 is 0 Å². The fourth-order valence-corrected chi connectivity index (χ4v) is 3.39. The van der Waals surface area contributed by atoms with Gasteiger partial charge in [0.2, 0.25) is 0 Å². The van der Waals surface area contributed by atoms with Gasteiger partial charge >= 0.3 is 0 Å². The molecule has 2 heterocycles. The monoisotopic (exact) mass is 274 g/mol. The van der Waals surface area contributed by atoms with Crippen LogP contribution < -0.4 is 5.32 Å². The number of carbonyl (C=O) groups is 1. The van der Waals surface area contributed by atoms with Crippen molar-refractivity contribution in [3.63, 3.8) is 0 Å². The number of rotatable bonds is 4. The van der Waals surface area contributed by atoms with Crippen LogP contribution in [0, 0.1) is 5.92 Å². The maximum absolute atomic E-state index is 11.9. The summed E-state index contributed by atoms with van der Waals surface area (Å²) >= 11 is 0. The third kappa shape index (κ3) is 3.15. The fraction of sp³-hybridized carbons (Fsp3) is 0.667. The van der Waals surface area contributed by atoms with Gasteiger partial charge in [0.1, 0.15) is 6.33 Å². The van der Waals surface area contributed by atoms with Gasteiger partial charge in [-0.3, -0.25) is 4.79 Å². The Morgan fingerprint density at radius 1 is 1.25 bits per heavy atom. The third-order valence-corrected chi connectivity index (χ3v) is 4.53. The minimum Gasteiger partial charge on any atom is -0.352 e. The fourth-order valence-electron chi connectivity index (χ4n) is 3.39. The van der Waals surface area contributed by atoms with Gasteiger partial charge in [0.15, 0.2) is 0 Å². The van der Waals surface area contributed by atoms with E-state index in [1.807, 2.05) is 0 Å². The van der Waals surface area contributed by atoms with Crippen LogP contribution in [0.25, 0.3) is 0 Å². The van der Waals surface area contributed by atoms with Gasteiger partial charge in [0.05, 0.1) is 5.56 Å². The van der Waals surface area contributed by atoms with E-state index in [2.05, 4.69) is 20.2 Å². The molecule has 1 unspecified atom stereocenters. The molecule has 5 nitrogen and oxygen atoms in total. The van der Waals surface area contributed by atoms with E-state index in [0.717, 1.165) is 19.1 Å². The summed E-state index contributed by atoms with van der Waals surface area (Å²) < 4.78 is 0. The second-order valence-electron chi connectivity index (χ2n) is 5.93. The molecular formula is C15H22N4O. The molecule has 0 bridgehead atoms. The van der Waals surface area contributed by atoms with Crippen LogP contribution in [-0.4, -0.2) is 46.5 Å². The van der Waals surface area contributed by atoms with E-state index in [0.29, 0.717) is 11.5 Å². The quantitative estimate of drug-likeness (QED) is 0.903. The first-order valence-corrected chi connectivity index (χ1v) is 7.60. The molecule has 20 heavy (non-hydrogen) atoms. The zero-order valence-corrected chi connectivity index (χ0v) is 11.8. The normalized spacial score (nSPS) is 24.1. The molecule has 1 aliphatic carbocycles. The van der Waals surface area contributed by atoms with Gasteiger partial charge in [-0.05, 0) is 31.7 Å². The van der Waals surface area contributed by atoms with Gasteiger partial charge in [-0.2, -0.15) is 0 Å². The van der Waals surface area contributed by atoms with E-state index in [4.69, 9.17) is 0 Å². The zero-order chi connectivity index (χ0) is 13.8. The molecule has 3 rings (SSSR count). The Kier molecular flexibility index (Phi) is 4.25.